The first-order valence-electron chi connectivity index (χ1n) is 3.98. The molecule has 0 unspecified atom stereocenters. The van der Waals surface area contributed by atoms with Crippen LogP contribution in [0.3, 0.4) is 0 Å². The van der Waals surface area contributed by atoms with Gasteiger partial charge in [0.2, 0.25) is 0 Å². The molecule has 0 aromatic rings. The van der Waals surface area contributed by atoms with Gasteiger partial charge in [-0.3, -0.25) is 0 Å². The zero-order valence-corrected chi connectivity index (χ0v) is 7.62. The number of carbonyl (C=O) groups excluding carboxylic acids is 1. The predicted octanol–water partition coefficient (Wildman–Crippen LogP) is 0.595. The molecule has 0 saturated heterocycles. The summed E-state index contributed by atoms with van der Waals surface area (Å²) in [7, 11) is 0. The lowest BCUT2D eigenvalue weighted by molar-refractivity contribution is -0.139. The fraction of sp³-hybridized carbons (Fsp3) is 0.444. The number of ether oxygens (including phenoxy) is 2. The van der Waals surface area contributed by atoms with Crippen LogP contribution in [0.25, 0.3) is 0 Å². The van der Waals surface area contributed by atoms with Gasteiger partial charge in [-0.1, -0.05) is 12.7 Å². The van der Waals surface area contributed by atoms with Crippen molar-refractivity contribution in [2.24, 2.45) is 5.73 Å². The first-order valence-corrected chi connectivity index (χ1v) is 3.98. The SMILES string of the molecule is C=CCOCCCOC(=O)C(=C)N. The van der Waals surface area contributed by atoms with Gasteiger partial charge in [-0.25, -0.2) is 4.79 Å². The summed E-state index contributed by atoms with van der Waals surface area (Å²) in [5.41, 5.74) is 5.01. The summed E-state index contributed by atoms with van der Waals surface area (Å²) < 4.78 is 9.78. The molecular formula is C9H15NO3. The molecule has 0 aromatic carbocycles. The van der Waals surface area contributed by atoms with Crippen LogP contribution in [0.15, 0.2) is 24.9 Å². The maximum atomic E-state index is 10.7. The number of nitrogens with two attached hydrogens (primary N) is 1. The Morgan fingerprint density at radius 2 is 2.15 bits per heavy atom. The zero-order chi connectivity index (χ0) is 10.1. The summed E-state index contributed by atoms with van der Waals surface area (Å²) in [5, 5.41) is 0. The van der Waals surface area contributed by atoms with E-state index >= 15 is 0 Å². The quantitative estimate of drug-likeness (QED) is 0.273. The van der Waals surface area contributed by atoms with Crippen molar-refractivity contribution in [1.82, 2.24) is 0 Å². The molecule has 0 fully saturated rings. The molecule has 0 atom stereocenters. The molecule has 0 aliphatic rings. The molecule has 0 bridgehead atoms. The molecule has 4 heteroatoms. The second-order valence-corrected chi connectivity index (χ2v) is 2.38. The van der Waals surface area contributed by atoms with Crippen molar-refractivity contribution < 1.29 is 14.3 Å². The molecular weight excluding hydrogens is 170 g/mol. The molecule has 13 heavy (non-hydrogen) atoms. The van der Waals surface area contributed by atoms with Crippen molar-refractivity contribution in [3.63, 3.8) is 0 Å². The summed E-state index contributed by atoms with van der Waals surface area (Å²) in [4.78, 5) is 10.7. The van der Waals surface area contributed by atoms with Gasteiger partial charge >= 0.3 is 5.97 Å². The first kappa shape index (κ1) is 11.7. The fourth-order valence-corrected chi connectivity index (χ4v) is 0.585. The van der Waals surface area contributed by atoms with Gasteiger partial charge in [-0.05, 0) is 0 Å². The number of rotatable bonds is 7. The van der Waals surface area contributed by atoms with E-state index in [4.69, 9.17) is 15.2 Å². The zero-order valence-electron chi connectivity index (χ0n) is 7.62. The highest BCUT2D eigenvalue weighted by Crippen LogP contribution is 1.89. The second-order valence-electron chi connectivity index (χ2n) is 2.38. The van der Waals surface area contributed by atoms with E-state index in [0.717, 1.165) is 0 Å². The van der Waals surface area contributed by atoms with Crippen LogP contribution >= 0.6 is 0 Å². The third-order valence-electron chi connectivity index (χ3n) is 1.16. The molecule has 0 aliphatic carbocycles. The number of esters is 1. The molecule has 4 nitrogen and oxygen atoms in total. The van der Waals surface area contributed by atoms with Gasteiger partial charge in [-0.2, -0.15) is 0 Å². The minimum Gasteiger partial charge on any atom is -0.461 e. The maximum absolute atomic E-state index is 10.7. The number of hydrogen-bond acceptors (Lipinski definition) is 4. The Morgan fingerprint density at radius 1 is 1.46 bits per heavy atom. The lowest BCUT2D eigenvalue weighted by Crippen LogP contribution is -2.14. The van der Waals surface area contributed by atoms with E-state index in [1.165, 1.54) is 0 Å². The van der Waals surface area contributed by atoms with Gasteiger partial charge in [0.25, 0.3) is 0 Å². The Kier molecular flexibility index (Phi) is 6.63. The third-order valence-corrected chi connectivity index (χ3v) is 1.16. The average molecular weight is 185 g/mol. The van der Waals surface area contributed by atoms with Gasteiger partial charge in [0.1, 0.15) is 5.70 Å². The summed E-state index contributed by atoms with van der Waals surface area (Å²) in [6, 6.07) is 0. The summed E-state index contributed by atoms with van der Waals surface area (Å²) >= 11 is 0. The summed E-state index contributed by atoms with van der Waals surface area (Å²) in [6.07, 6.45) is 2.31. The fourth-order valence-electron chi connectivity index (χ4n) is 0.585. The highest BCUT2D eigenvalue weighted by atomic mass is 16.5. The van der Waals surface area contributed by atoms with Crippen LogP contribution in [-0.4, -0.2) is 25.8 Å². The lowest BCUT2D eigenvalue weighted by atomic mass is 10.5. The van der Waals surface area contributed by atoms with Crippen LogP contribution < -0.4 is 5.73 Å². The molecule has 0 spiro atoms. The third kappa shape index (κ3) is 7.08. The van der Waals surface area contributed by atoms with Crippen LogP contribution in [0.2, 0.25) is 0 Å². The van der Waals surface area contributed by atoms with Gasteiger partial charge in [0.05, 0.1) is 19.8 Å². The summed E-state index contributed by atoms with van der Waals surface area (Å²) in [6.45, 7) is 8.08. The normalized spacial score (nSPS) is 9.23. The predicted molar refractivity (Wildman–Crippen MR) is 49.9 cm³/mol. The van der Waals surface area contributed by atoms with E-state index in [0.29, 0.717) is 26.2 Å². The highest BCUT2D eigenvalue weighted by molar-refractivity contribution is 5.86. The minimum atomic E-state index is -0.566. The Hall–Kier alpha value is -1.29. The standard InChI is InChI=1S/C9H15NO3/c1-3-5-12-6-4-7-13-9(11)8(2)10/h3H,1-2,4-7,10H2. The molecule has 0 aromatic heterocycles. The molecule has 2 N–H and O–H groups in total. The van der Waals surface area contributed by atoms with Crippen LogP contribution in [-0.2, 0) is 14.3 Å². The molecule has 0 rings (SSSR count). The Bertz CT molecular complexity index is 189. The van der Waals surface area contributed by atoms with Gasteiger partial charge in [0.15, 0.2) is 0 Å². The number of carbonyl (C=O) groups is 1. The Labute approximate surface area is 78.0 Å². The van der Waals surface area contributed by atoms with Crippen molar-refractivity contribution in [3.05, 3.63) is 24.9 Å². The number of hydrogen-bond donors (Lipinski definition) is 1. The molecule has 0 saturated carbocycles. The van der Waals surface area contributed by atoms with E-state index < -0.39 is 5.97 Å². The van der Waals surface area contributed by atoms with Gasteiger partial charge in [0, 0.05) is 6.42 Å². The van der Waals surface area contributed by atoms with Crippen molar-refractivity contribution in [2.75, 3.05) is 19.8 Å². The lowest BCUT2D eigenvalue weighted by Gasteiger charge is -2.03. The first-order chi connectivity index (χ1) is 6.18. The smallest absolute Gasteiger partial charge is 0.353 e. The van der Waals surface area contributed by atoms with E-state index in [9.17, 15) is 4.79 Å². The summed E-state index contributed by atoms with van der Waals surface area (Å²) in [5.74, 6) is -0.566. The van der Waals surface area contributed by atoms with Crippen molar-refractivity contribution in [2.45, 2.75) is 6.42 Å². The highest BCUT2D eigenvalue weighted by Gasteiger charge is 2.02. The van der Waals surface area contributed by atoms with E-state index in [2.05, 4.69) is 13.2 Å². The van der Waals surface area contributed by atoms with Crippen LogP contribution in [0.4, 0.5) is 0 Å². The molecule has 74 valence electrons. The van der Waals surface area contributed by atoms with E-state index in [-0.39, 0.29) is 5.70 Å². The van der Waals surface area contributed by atoms with Crippen LogP contribution in [0.5, 0.6) is 0 Å². The molecule has 0 amide bonds. The monoisotopic (exact) mass is 185 g/mol. The van der Waals surface area contributed by atoms with Gasteiger partial charge < -0.3 is 15.2 Å². The molecule has 0 radical (unpaired) electrons. The Morgan fingerprint density at radius 3 is 2.69 bits per heavy atom. The molecule has 0 heterocycles. The molecule has 0 aliphatic heterocycles. The topological polar surface area (TPSA) is 61.5 Å². The van der Waals surface area contributed by atoms with Crippen LogP contribution in [0, 0.1) is 0 Å². The van der Waals surface area contributed by atoms with Crippen molar-refractivity contribution in [1.29, 1.82) is 0 Å². The van der Waals surface area contributed by atoms with E-state index in [1.54, 1.807) is 6.08 Å². The van der Waals surface area contributed by atoms with Crippen molar-refractivity contribution >= 4 is 5.97 Å². The van der Waals surface area contributed by atoms with E-state index in [1.807, 2.05) is 0 Å². The Balaban J connectivity index is 3.21. The van der Waals surface area contributed by atoms with Crippen molar-refractivity contribution in [3.8, 4) is 0 Å². The average Bonchev–Trinajstić information content (AvgIpc) is 2.10. The van der Waals surface area contributed by atoms with Gasteiger partial charge in [-0.15, -0.1) is 6.58 Å². The van der Waals surface area contributed by atoms with Crippen LogP contribution in [0.1, 0.15) is 6.42 Å². The maximum Gasteiger partial charge on any atom is 0.353 e. The second kappa shape index (κ2) is 7.36. The minimum absolute atomic E-state index is 0.0768. The largest absolute Gasteiger partial charge is 0.461 e.